The fourth-order valence-corrected chi connectivity index (χ4v) is 1.21. The predicted molar refractivity (Wildman–Crippen MR) is 58.3 cm³/mol. The van der Waals surface area contributed by atoms with Crippen LogP contribution in [-0.2, 0) is 6.54 Å². The second-order valence-corrected chi connectivity index (χ2v) is 3.63. The third kappa shape index (κ3) is 3.29. The zero-order valence-corrected chi connectivity index (χ0v) is 9.03. The van der Waals surface area contributed by atoms with Crippen molar-refractivity contribution in [1.82, 2.24) is 5.32 Å². The minimum atomic E-state index is -0.587. The third-order valence-electron chi connectivity index (χ3n) is 2.25. The van der Waals surface area contributed by atoms with Crippen LogP contribution in [0.2, 0.25) is 0 Å². The summed E-state index contributed by atoms with van der Waals surface area (Å²) in [6, 6.07) is 3.84. The van der Waals surface area contributed by atoms with E-state index in [9.17, 15) is 9.18 Å². The predicted octanol–water partition coefficient (Wildman–Crippen LogP) is 0.395. The van der Waals surface area contributed by atoms with E-state index in [1.54, 1.807) is 6.92 Å². The van der Waals surface area contributed by atoms with Crippen LogP contribution in [0.15, 0.2) is 18.2 Å². The molecule has 1 aromatic rings. The van der Waals surface area contributed by atoms with E-state index < -0.39 is 11.7 Å². The molecule has 0 aliphatic carbocycles. The summed E-state index contributed by atoms with van der Waals surface area (Å²) in [6.07, 6.45) is 0. The molecule has 0 radical (unpaired) electrons. The lowest BCUT2D eigenvalue weighted by Gasteiger charge is -2.11. The Morgan fingerprint density at radius 2 is 2.31 bits per heavy atom. The lowest BCUT2D eigenvalue weighted by Crippen LogP contribution is -2.29. The Labute approximate surface area is 93.3 Å². The zero-order valence-electron chi connectivity index (χ0n) is 9.03. The molecule has 0 saturated carbocycles. The van der Waals surface area contributed by atoms with Gasteiger partial charge in [-0.3, -0.25) is 4.79 Å². The highest BCUT2D eigenvalue weighted by atomic mass is 19.1. The van der Waals surface area contributed by atoms with Gasteiger partial charge in [0.25, 0.3) is 0 Å². The molecule has 0 aliphatic heterocycles. The van der Waals surface area contributed by atoms with E-state index in [0.29, 0.717) is 5.56 Å². The Kier molecular flexibility index (Phi) is 4.39. The van der Waals surface area contributed by atoms with Crippen LogP contribution in [0.3, 0.4) is 0 Å². The second kappa shape index (κ2) is 5.58. The first-order valence-electron chi connectivity index (χ1n) is 4.97. The molecule has 1 unspecified atom stereocenters. The van der Waals surface area contributed by atoms with Crippen LogP contribution in [0.4, 0.5) is 4.39 Å². The minimum absolute atomic E-state index is 0.0306. The number of amides is 1. The fraction of sp³-hybridized carbons (Fsp3) is 0.364. The summed E-state index contributed by atoms with van der Waals surface area (Å²) in [5.74, 6) is -0.987. The first-order valence-corrected chi connectivity index (χ1v) is 4.97. The molecular weight excluding hydrogens is 211 g/mol. The maximum Gasteiger partial charge on any atom is 0.248 e. The summed E-state index contributed by atoms with van der Waals surface area (Å²) in [6.45, 7) is 1.99. The number of carbonyl (C=O) groups is 1. The van der Waals surface area contributed by atoms with Crippen LogP contribution in [0, 0.1) is 5.82 Å². The van der Waals surface area contributed by atoms with Crippen LogP contribution in [0.1, 0.15) is 22.8 Å². The van der Waals surface area contributed by atoms with Crippen molar-refractivity contribution in [2.75, 3.05) is 6.61 Å². The van der Waals surface area contributed by atoms with E-state index in [0.717, 1.165) is 0 Å². The average Bonchev–Trinajstić information content (AvgIpc) is 2.27. The summed E-state index contributed by atoms with van der Waals surface area (Å²) >= 11 is 0. The molecule has 4 nitrogen and oxygen atoms in total. The normalized spacial score (nSPS) is 12.4. The van der Waals surface area contributed by atoms with Crippen LogP contribution in [-0.4, -0.2) is 23.7 Å². The minimum Gasteiger partial charge on any atom is -0.395 e. The smallest absolute Gasteiger partial charge is 0.248 e. The van der Waals surface area contributed by atoms with Crippen molar-refractivity contribution in [2.45, 2.75) is 19.5 Å². The number of primary amides is 1. The molecule has 0 fully saturated rings. The number of aliphatic hydroxyl groups is 1. The van der Waals surface area contributed by atoms with Crippen molar-refractivity contribution in [2.24, 2.45) is 5.73 Å². The average molecular weight is 226 g/mol. The Balaban J connectivity index is 2.78. The van der Waals surface area contributed by atoms with Gasteiger partial charge in [0.05, 0.1) is 6.61 Å². The van der Waals surface area contributed by atoms with Gasteiger partial charge >= 0.3 is 0 Å². The van der Waals surface area contributed by atoms with Gasteiger partial charge in [0, 0.05) is 23.7 Å². The molecule has 1 rings (SSSR count). The standard InChI is InChI=1S/C11H15FN2O2/c1-7(6-15)14-5-9-4-8(11(13)16)2-3-10(9)12/h2-4,7,14-15H,5-6H2,1H3,(H2,13,16). The van der Waals surface area contributed by atoms with Crippen molar-refractivity contribution < 1.29 is 14.3 Å². The monoisotopic (exact) mass is 226 g/mol. The number of hydrogen-bond donors (Lipinski definition) is 3. The van der Waals surface area contributed by atoms with Gasteiger partial charge in [0.1, 0.15) is 5.82 Å². The van der Waals surface area contributed by atoms with Crippen molar-refractivity contribution in [3.05, 3.63) is 35.1 Å². The molecule has 5 heteroatoms. The van der Waals surface area contributed by atoms with Gasteiger partial charge in [-0.1, -0.05) is 0 Å². The van der Waals surface area contributed by atoms with Crippen molar-refractivity contribution >= 4 is 5.91 Å². The number of hydrogen-bond acceptors (Lipinski definition) is 3. The van der Waals surface area contributed by atoms with Crippen molar-refractivity contribution in [3.63, 3.8) is 0 Å². The highest BCUT2D eigenvalue weighted by Crippen LogP contribution is 2.10. The maximum absolute atomic E-state index is 13.3. The number of benzene rings is 1. The summed E-state index contributed by atoms with van der Waals surface area (Å²) in [5.41, 5.74) is 5.72. The molecule has 0 spiro atoms. The van der Waals surface area contributed by atoms with E-state index in [1.807, 2.05) is 0 Å². The van der Waals surface area contributed by atoms with Gasteiger partial charge in [-0.05, 0) is 25.1 Å². The zero-order chi connectivity index (χ0) is 12.1. The SMILES string of the molecule is CC(CO)NCc1cc(C(N)=O)ccc1F. The molecule has 4 N–H and O–H groups in total. The maximum atomic E-state index is 13.3. The molecule has 0 bridgehead atoms. The van der Waals surface area contributed by atoms with Crippen molar-refractivity contribution in [3.8, 4) is 0 Å². The summed E-state index contributed by atoms with van der Waals surface area (Å²) in [4.78, 5) is 10.9. The third-order valence-corrected chi connectivity index (χ3v) is 2.25. The van der Waals surface area contributed by atoms with Gasteiger partial charge in [-0.2, -0.15) is 0 Å². The van der Waals surface area contributed by atoms with E-state index >= 15 is 0 Å². The van der Waals surface area contributed by atoms with Gasteiger partial charge in [0.2, 0.25) is 5.91 Å². The largest absolute Gasteiger partial charge is 0.395 e. The van der Waals surface area contributed by atoms with Gasteiger partial charge in [-0.15, -0.1) is 0 Å². The number of carbonyl (C=O) groups excluding carboxylic acids is 1. The van der Waals surface area contributed by atoms with Gasteiger partial charge in [-0.25, -0.2) is 4.39 Å². The molecule has 0 saturated heterocycles. The summed E-state index contributed by atoms with van der Waals surface area (Å²) < 4.78 is 13.3. The number of nitrogens with two attached hydrogens (primary N) is 1. The molecule has 1 aromatic carbocycles. The van der Waals surface area contributed by atoms with Crippen molar-refractivity contribution in [1.29, 1.82) is 0 Å². The Morgan fingerprint density at radius 1 is 1.62 bits per heavy atom. The number of halogens is 1. The fourth-order valence-electron chi connectivity index (χ4n) is 1.21. The van der Waals surface area contributed by atoms with Gasteiger partial charge < -0.3 is 16.2 Å². The lowest BCUT2D eigenvalue weighted by atomic mass is 10.1. The van der Waals surface area contributed by atoms with E-state index in [2.05, 4.69) is 5.32 Å². The second-order valence-electron chi connectivity index (χ2n) is 3.63. The molecule has 88 valence electrons. The highest BCUT2D eigenvalue weighted by molar-refractivity contribution is 5.92. The molecule has 0 aromatic heterocycles. The Morgan fingerprint density at radius 3 is 2.88 bits per heavy atom. The molecular formula is C11H15FN2O2. The van der Waals surface area contributed by atoms with E-state index in [1.165, 1.54) is 18.2 Å². The van der Waals surface area contributed by atoms with Crippen LogP contribution >= 0.6 is 0 Å². The van der Waals surface area contributed by atoms with Crippen LogP contribution < -0.4 is 11.1 Å². The molecule has 0 aliphatic rings. The lowest BCUT2D eigenvalue weighted by molar-refractivity contribution is 0.1000. The molecule has 0 heterocycles. The quantitative estimate of drug-likeness (QED) is 0.680. The van der Waals surface area contributed by atoms with Crippen LogP contribution in [0.5, 0.6) is 0 Å². The Hall–Kier alpha value is -1.46. The Bertz CT molecular complexity index is 382. The molecule has 1 amide bonds. The van der Waals surface area contributed by atoms with E-state index in [-0.39, 0.29) is 24.8 Å². The number of aliphatic hydroxyl groups excluding tert-OH is 1. The van der Waals surface area contributed by atoms with E-state index in [4.69, 9.17) is 10.8 Å². The molecule has 16 heavy (non-hydrogen) atoms. The van der Waals surface area contributed by atoms with Gasteiger partial charge in [0.15, 0.2) is 0 Å². The first kappa shape index (κ1) is 12.6. The highest BCUT2D eigenvalue weighted by Gasteiger charge is 2.08. The summed E-state index contributed by atoms with van der Waals surface area (Å²) in [7, 11) is 0. The topological polar surface area (TPSA) is 75.3 Å². The number of nitrogens with one attached hydrogen (secondary N) is 1. The first-order chi connectivity index (χ1) is 7.54. The van der Waals surface area contributed by atoms with Crippen LogP contribution in [0.25, 0.3) is 0 Å². The summed E-state index contributed by atoms with van der Waals surface area (Å²) in [5, 5.41) is 11.7. The molecule has 1 atom stereocenters. The number of rotatable bonds is 5.